The number of rotatable bonds is 1. The number of aliphatic hydroxyl groups excluding tert-OH is 3. The van der Waals surface area contributed by atoms with Crippen LogP contribution in [-0.2, 0) is 4.74 Å². The molecular formula is C7H15NO4. The first-order valence-corrected chi connectivity index (χ1v) is 3.96. The van der Waals surface area contributed by atoms with Crippen LogP contribution in [0, 0.1) is 0 Å². The summed E-state index contributed by atoms with van der Waals surface area (Å²) in [6.07, 6.45) is -3.07. The van der Waals surface area contributed by atoms with Crippen molar-refractivity contribution in [2.75, 3.05) is 6.61 Å². The highest BCUT2D eigenvalue weighted by Gasteiger charge is 2.39. The molecule has 0 aromatic rings. The molecule has 1 fully saturated rings. The molecule has 1 saturated heterocycles. The second-order valence-corrected chi connectivity index (χ2v) is 3.12. The Labute approximate surface area is 70.8 Å². The molecule has 1 heterocycles. The Morgan fingerprint density at radius 1 is 1.33 bits per heavy atom. The molecule has 0 saturated carbocycles. The summed E-state index contributed by atoms with van der Waals surface area (Å²) >= 11 is 0. The zero-order chi connectivity index (χ0) is 9.30. The van der Waals surface area contributed by atoms with E-state index in [4.69, 9.17) is 15.6 Å². The van der Waals surface area contributed by atoms with E-state index in [0.29, 0.717) is 0 Å². The highest BCUT2D eigenvalue weighted by atomic mass is 16.5. The molecule has 0 radical (unpaired) electrons. The second-order valence-electron chi connectivity index (χ2n) is 3.12. The van der Waals surface area contributed by atoms with Crippen LogP contribution in [0.5, 0.6) is 0 Å². The predicted octanol–water partition coefficient (Wildman–Crippen LogP) is -2.18. The average Bonchev–Trinajstić information content (AvgIpc) is 2.08. The van der Waals surface area contributed by atoms with Gasteiger partial charge in [-0.25, -0.2) is 0 Å². The molecule has 0 aromatic carbocycles. The van der Waals surface area contributed by atoms with Crippen LogP contribution in [0.2, 0.25) is 0 Å². The standard InChI is InChI=1S/C7H15NO4/c1-3-6(10)7(11)5(8)4(2-9)12-3/h3-7,9-11H,2,8H2,1H3/t3-,4?,5+,6?,7?/m0/s1. The monoisotopic (exact) mass is 177 g/mol. The van der Waals surface area contributed by atoms with Crippen LogP contribution in [0.15, 0.2) is 0 Å². The fourth-order valence-corrected chi connectivity index (χ4v) is 1.34. The van der Waals surface area contributed by atoms with E-state index in [1.807, 2.05) is 0 Å². The summed E-state index contributed by atoms with van der Waals surface area (Å²) in [5.74, 6) is 0. The molecular weight excluding hydrogens is 162 g/mol. The Balaban J connectivity index is 2.63. The van der Waals surface area contributed by atoms with E-state index in [-0.39, 0.29) is 6.61 Å². The summed E-state index contributed by atoms with van der Waals surface area (Å²) in [7, 11) is 0. The molecule has 5 atom stereocenters. The zero-order valence-corrected chi connectivity index (χ0v) is 6.92. The predicted molar refractivity (Wildman–Crippen MR) is 41.4 cm³/mol. The minimum atomic E-state index is -1.02. The van der Waals surface area contributed by atoms with Gasteiger partial charge in [0, 0.05) is 0 Å². The van der Waals surface area contributed by atoms with Gasteiger partial charge in [-0.15, -0.1) is 0 Å². The lowest BCUT2D eigenvalue weighted by Crippen LogP contribution is -2.61. The Kier molecular flexibility index (Phi) is 3.03. The third kappa shape index (κ3) is 1.60. The minimum Gasteiger partial charge on any atom is -0.394 e. The van der Waals surface area contributed by atoms with Gasteiger partial charge in [0.2, 0.25) is 0 Å². The first-order chi connectivity index (χ1) is 5.57. The maximum atomic E-state index is 9.35. The molecule has 72 valence electrons. The summed E-state index contributed by atoms with van der Waals surface area (Å²) in [6, 6.07) is -0.721. The number of aliphatic hydroxyl groups is 3. The van der Waals surface area contributed by atoms with Crippen LogP contribution in [0.25, 0.3) is 0 Å². The normalized spacial score (nSPS) is 49.2. The number of hydrogen-bond donors (Lipinski definition) is 4. The largest absolute Gasteiger partial charge is 0.394 e. The van der Waals surface area contributed by atoms with Crippen molar-refractivity contribution in [3.05, 3.63) is 0 Å². The van der Waals surface area contributed by atoms with Crippen molar-refractivity contribution in [2.45, 2.75) is 37.4 Å². The van der Waals surface area contributed by atoms with E-state index in [0.717, 1.165) is 0 Å². The summed E-state index contributed by atoms with van der Waals surface area (Å²) in [6.45, 7) is 1.39. The second kappa shape index (κ2) is 3.68. The van der Waals surface area contributed by atoms with Crippen LogP contribution in [0.1, 0.15) is 6.92 Å². The fraction of sp³-hybridized carbons (Fsp3) is 1.00. The highest BCUT2D eigenvalue weighted by molar-refractivity contribution is 4.92. The topological polar surface area (TPSA) is 95.9 Å². The van der Waals surface area contributed by atoms with Gasteiger partial charge >= 0.3 is 0 Å². The van der Waals surface area contributed by atoms with Gasteiger partial charge in [0.25, 0.3) is 0 Å². The van der Waals surface area contributed by atoms with E-state index in [9.17, 15) is 10.2 Å². The van der Waals surface area contributed by atoms with Gasteiger partial charge in [0.15, 0.2) is 0 Å². The van der Waals surface area contributed by atoms with E-state index in [2.05, 4.69) is 0 Å². The van der Waals surface area contributed by atoms with Crippen molar-refractivity contribution in [2.24, 2.45) is 5.73 Å². The molecule has 5 heteroatoms. The lowest BCUT2D eigenvalue weighted by atomic mass is 9.94. The quantitative estimate of drug-likeness (QED) is 0.365. The Bertz CT molecular complexity index is 150. The van der Waals surface area contributed by atoms with Gasteiger partial charge in [-0.3, -0.25) is 0 Å². The van der Waals surface area contributed by atoms with Gasteiger partial charge in [-0.1, -0.05) is 0 Å². The molecule has 1 aliphatic rings. The Hall–Kier alpha value is -0.200. The number of hydrogen-bond acceptors (Lipinski definition) is 5. The highest BCUT2D eigenvalue weighted by Crippen LogP contribution is 2.18. The Morgan fingerprint density at radius 3 is 2.42 bits per heavy atom. The van der Waals surface area contributed by atoms with Crippen molar-refractivity contribution >= 4 is 0 Å². The van der Waals surface area contributed by atoms with Crippen molar-refractivity contribution in [3.8, 4) is 0 Å². The third-order valence-electron chi connectivity index (χ3n) is 2.22. The van der Waals surface area contributed by atoms with Gasteiger partial charge in [-0.05, 0) is 6.92 Å². The van der Waals surface area contributed by atoms with Crippen LogP contribution < -0.4 is 5.73 Å². The molecule has 0 aromatic heterocycles. The first-order valence-electron chi connectivity index (χ1n) is 3.96. The summed E-state index contributed by atoms with van der Waals surface area (Å²) < 4.78 is 5.15. The molecule has 0 bridgehead atoms. The van der Waals surface area contributed by atoms with Crippen LogP contribution in [0.3, 0.4) is 0 Å². The third-order valence-corrected chi connectivity index (χ3v) is 2.22. The van der Waals surface area contributed by atoms with Crippen LogP contribution in [0.4, 0.5) is 0 Å². The molecule has 0 aliphatic carbocycles. The molecule has 3 unspecified atom stereocenters. The number of ether oxygens (including phenoxy) is 1. The summed E-state index contributed by atoms with van der Waals surface area (Å²) in [5.41, 5.74) is 5.49. The molecule has 0 amide bonds. The van der Waals surface area contributed by atoms with Gasteiger partial charge in [0.05, 0.1) is 24.9 Å². The smallest absolute Gasteiger partial charge is 0.107 e. The van der Waals surface area contributed by atoms with Crippen molar-refractivity contribution in [3.63, 3.8) is 0 Å². The first kappa shape index (κ1) is 9.88. The molecule has 0 spiro atoms. The SMILES string of the molecule is C[C@@H]1OC(CO)[C@@H](N)C(O)C1O. The van der Waals surface area contributed by atoms with Crippen molar-refractivity contribution in [1.82, 2.24) is 0 Å². The van der Waals surface area contributed by atoms with Gasteiger partial charge in [0.1, 0.15) is 12.2 Å². The maximum Gasteiger partial charge on any atom is 0.107 e. The number of nitrogens with two attached hydrogens (primary N) is 1. The summed E-state index contributed by atoms with van der Waals surface area (Å²) in [5, 5.41) is 27.4. The van der Waals surface area contributed by atoms with E-state index < -0.39 is 30.5 Å². The summed E-state index contributed by atoms with van der Waals surface area (Å²) in [4.78, 5) is 0. The van der Waals surface area contributed by atoms with Gasteiger partial charge in [-0.2, -0.15) is 0 Å². The van der Waals surface area contributed by atoms with E-state index in [1.54, 1.807) is 6.92 Å². The molecule has 12 heavy (non-hydrogen) atoms. The van der Waals surface area contributed by atoms with E-state index >= 15 is 0 Å². The van der Waals surface area contributed by atoms with Gasteiger partial charge < -0.3 is 25.8 Å². The zero-order valence-electron chi connectivity index (χ0n) is 6.92. The average molecular weight is 177 g/mol. The van der Waals surface area contributed by atoms with Crippen molar-refractivity contribution in [1.29, 1.82) is 0 Å². The maximum absolute atomic E-state index is 9.35. The molecule has 5 nitrogen and oxygen atoms in total. The fourth-order valence-electron chi connectivity index (χ4n) is 1.34. The lowest BCUT2D eigenvalue weighted by Gasteiger charge is -2.39. The van der Waals surface area contributed by atoms with E-state index in [1.165, 1.54) is 0 Å². The van der Waals surface area contributed by atoms with Crippen LogP contribution >= 0.6 is 0 Å². The minimum absolute atomic E-state index is 0.241. The molecule has 1 rings (SSSR count). The lowest BCUT2D eigenvalue weighted by molar-refractivity contribution is -0.180. The molecule has 5 N–H and O–H groups in total. The van der Waals surface area contributed by atoms with Crippen molar-refractivity contribution < 1.29 is 20.1 Å². The Morgan fingerprint density at radius 2 is 1.92 bits per heavy atom. The van der Waals surface area contributed by atoms with Crippen LogP contribution in [-0.4, -0.2) is 52.4 Å². The molecule has 1 aliphatic heterocycles.